The number of rotatable bonds is 4. The summed E-state index contributed by atoms with van der Waals surface area (Å²) in [4.78, 5) is 8.80. The molecule has 1 aliphatic rings. The Hall–Kier alpha value is -2.24. The van der Waals surface area contributed by atoms with Crippen LogP contribution >= 0.6 is 0 Å². The first kappa shape index (κ1) is 14.4. The minimum Gasteiger partial charge on any atom is -0.369 e. The van der Waals surface area contributed by atoms with Crippen molar-refractivity contribution >= 4 is 10.9 Å². The number of benzene rings is 1. The van der Waals surface area contributed by atoms with Crippen molar-refractivity contribution in [1.29, 1.82) is 0 Å². The number of pyridine rings is 1. The zero-order chi connectivity index (χ0) is 15.6. The number of ether oxygens (including phenoxy) is 1. The molecule has 5 heteroatoms. The summed E-state index contributed by atoms with van der Waals surface area (Å²) < 4.78 is 7.93. The normalized spacial score (nSPS) is 21.1. The van der Waals surface area contributed by atoms with Crippen molar-refractivity contribution in [2.75, 3.05) is 6.61 Å². The summed E-state index contributed by atoms with van der Waals surface area (Å²) in [6.45, 7) is 1.59. The molecule has 1 saturated heterocycles. The summed E-state index contributed by atoms with van der Waals surface area (Å²) in [6.07, 6.45) is 6.65. The van der Waals surface area contributed by atoms with Crippen LogP contribution in [0.5, 0.6) is 0 Å². The third-order valence-corrected chi connectivity index (χ3v) is 4.44. The Morgan fingerprint density at radius 3 is 3.09 bits per heavy atom. The summed E-state index contributed by atoms with van der Waals surface area (Å²) in [5.41, 5.74) is 2.29. The topological polar surface area (TPSA) is 52.0 Å². The van der Waals surface area contributed by atoms with Crippen molar-refractivity contribution in [3.05, 3.63) is 60.3 Å². The molecule has 0 spiro atoms. The van der Waals surface area contributed by atoms with Gasteiger partial charge >= 0.3 is 0 Å². The van der Waals surface area contributed by atoms with E-state index in [1.165, 1.54) is 10.9 Å². The van der Waals surface area contributed by atoms with Gasteiger partial charge < -0.3 is 14.6 Å². The second-order valence-electron chi connectivity index (χ2n) is 5.99. The molecule has 0 radical (unpaired) electrons. The number of nitrogens with one attached hydrogen (secondary N) is 1. The molecule has 2 aromatic heterocycles. The first-order valence-corrected chi connectivity index (χ1v) is 7.97. The van der Waals surface area contributed by atoms with Gasteiger partial charge in [0.1, 0.15) is 11.9 Å². The van der Waals surface area contributed by atoms with E-state index in [-0.39, 0.29) is 6.10 Å². The molecule has 118 valence electrons. The number of aryl methyl sites for hydroxylation is 1. The highest BCUT2D eigenvalue weighted by molar-refractivity contribution is 5.78. The van der Waals surface area contributed by atoms with Gasteiger partial charge in [-0.3, -0.25) is 4.98 Å². The fraction of sp³-hybridized carbons (Fsp3) is 0.333. The van der Waals surface area contributed by atoms with Gasteiger partial charge in [0.2, 0.25) is 0 Å². The van der Waals surface area contributed by atoms with Gasteiger partial charge in [-0.05, 0) is 30.2 Å². The largest absolute Gasteiger partial charge is 0.369 e. The molecule has 0 saturated carbocycles. The number of nitrogens with zero attached hydrogens (tertiary/aromatic N) is 3. The Morgan fingerprint density at radius 2 is 2.22 bits per heavy atom. The molecule has 0 amide bonds. The molecular weight excluding hydrogens is 288 g/mol. The molecule has 1 aromatic carbocycles. The van der Waals surface area contributed by atoms with Crippen LogP contribution in [0.2, 0.25) is 0 Å². The maximum absolute atomic E-state index is 5.89. The van der Waals surface area contributed by atoms with Crippen LogP contribution in [0.25, 0.3) is 10.9 Å². The maximum Gasteiger partial charge on any atom is 0.139 e. The van der Waals surface area contributed by atoms with Crippen LogP contribution in [-0.4, -0.2) is 27.2 Å². The Balaban J connectivity index is 1.48. The average molecular weight is 308 g/mol. The zero-order valence-electron chi connectivity index (χ0n) is 13.1. The summed E-state index contributed by atoms with van der Waals surface area (Å²) in [5.74, 6) is 0.989. The van der Waals surface area contributed by atoms with Gasteiger partial charge in [-0.25, -0.2) is 4.98 Å². The van der Waals surface area contributed by atoms with Gasteiger partial charge in [0.15, 0.2) is 0 Å². The monoisotopic (exact) mass is 308 g/mol. The van der Waals surface area contributed by atoms with E-state index in [0.29, 0.717) is 6.04 Å². The lowest BCUT2D eigenvalue weighted by atomic mass is 10.1. The lowest BCUT2D eigenvalue weighted by Crippen LogP contribution is -2.32. The molecule has 23 heavy (non-hydrogen) atoms. The van der Waals surface area contributed by atoms with E-state index < -0.39 is 0 Å². The Morgan fingerprint density at radius 1 is 1.26 bits per heavy atom. The Labute approximate surface area is 135 Å². The molecule has 3 aromatic rings. The minimum absolute atomic E-state index is 0.0251. The minimum atomic E-state index is 0.0251. The Bertz CT molecular complexity index is 813. The molecule has 4 rings (SSSR count). The standard InChI is InChI=1S/C18H20N4O/c1-22-9-8-20-18(22)17-16(6-10-23-17)21-12-13-4-5-15-14(11-13)3-2-7-19-15/h2-5,7-9,11,16-17,21H,6,10,12H2,1H3/t16-,17-/m0/s1. The number of fused-ring (bicyclic) bond motifs is 1. The number of aromatic nitrogens is 3. The van der Waals surface area contributed by atoms with E-state index in [9.17, 15) is 0 Å². The van der Waals surface area contributed by atoms with Crippen LogP contribution in [-0.2, 0) is 18.3 Å². The second-order valence-corrected chi connectivity index (χ2v) is 5.99. The quantitative estimate of drug-likeness (QED) is 0.805. The van der Waals surface area contributed by atoms with Crippen molar-refractivity contribution in [3.63, 3.8) is 0 Å². The van der Waals surface area contributed by atoms with Gasteiger partial charge in [-0.15, -0.1) is 0 Å². The highest BCUT2D eigenvalue weighted by Crippen LogP contribution is 2.28. The first-order chi connectivity index (χ1) is 11.3. The van der Waals surface area contributed by atoms with Crippen molar-refractivity contribution in [3.8, 4) is 0 Å². The summed E-state index contributed by atoms with van der Waals surface area (Å²) >= 11 is 0. The van der Waals surface area contributed by atoms with E-state index in [1.54, 1.807) is 0 Å². The molecule has 1 fully saturated rings. The van der Waals surface area contributed by atoms with Gasteiger partial charge in [-0.1, -0.05) is 12.1 Å². The molecule has 3 heterocycles. The third kappa shape index (κ3) is 2.85. The lowest BCUT2D eigenvalue weighted by molar-refractivity contribution is 0.0893. The van der Waals surface area contributed by atoms with E-state index in [1.807, 2.05) is 36.3 Å². The van der Waals surface area contributed by atoms with E-state index in [0.717, 1.165) is 30.9 Å². The van der Waals surface area contributed by atoms with Crippen LogP contribution < -0.4 is 5.32 Å². The predicted octanol–water partition coefficient (Wildman–Crippen LogP) is 2.59. The fourth-order valence-electron chi connectivity index (χ4n) is 3.19. The molecule has 5 nitrogen and oxygen atoms in total. The van der Waals surface area contributed by atoms with Crippen LogP contribution in [0.15, 0.2) is 48.9 Å². The fourth-order valence-corrected chi connectivity index (χ4v) is 3.19. The summed E-state index contributed by atoms with van der Waals surface area (Å²) in [7, 11) is 2.01. The van der Waals surface area contributed by atoms with Crippen LogP contribution in [0.1, 0.15) is 23.9 Å². The number of hydrogen-bond acceptors (Lipinski definition) is 4. The zero-order valence-corrected chi connectivity index (χ0v) is 13.1. The van der Waals surface area contributed by atoms with Crippen LogP contribution in [0, 0.1) is 0 Å². The van der Waals surface area contributed by atoms with Crippen LogP contribution in [0.4, 0.5) is 0 Å². The highest BCUT2D eigenvalue weighted by atomic mass is 16.5. The molecule has 1 N–H and O–H groups in total. The van der Waals surface area contributed by atoms with Crippen LogP contribution in [0.3, 0.4) is 0 Å². The summed E-state index contributed by atoms with van der Waals surface area (Å²) in [5, 5.41) is 4.81. The first-order valence-electron chi connectivity index (χ1n) is 7.97. The maximum atomic E-state index is 5.89. The average Bonchev–Trinajstić information content (AvgIpc) is 3.21. The van der Waals surface area contributed by atoms with Crippen molar-refractivity contribution in [2.24, 2.45) is 7.05 Å². The van der Waals surface area contributed by atoms with Gasteiger partial charge in [0, 0.05) is 50.2 Å². The molecular formula is C18H20N4O. The summed E-state index contributed by atoms with van der Waals surface area (Å²) in [6, 6.07) is 10.8. The molecule has 1 aliphatic heterocycles. The second kappa shape index (κ2) is 6.10. The number of imidazole rings is 1. The van der Waals surface area contributed by atoms with E-state index >= 15 is 0 Å². The molecule has 0 aliphatic carbocycles. The lowest BCUT2D eigenvalue weighted by Gasteiger charge is -2.19. The van der Waals surface area contributed by atoms with Gasteiger partial charge in [0.25, 0.3) is 0 Å². The number of hydrogen-bond donors (Lipinski definition) is 1. The van der Waals surface area contributed by atoms with Crippen molar-refractivity contribution in [1.82, 2.24) is 19.9 Å². The van der Waals surface area contributed by atoms with E-state index in [2.05, 4.69) is 39.6 Å². The highest BCUT2D eigenvalue weighted by Gasteiger charge is 2.31. The molecule has 2 atom stereocenters. The van der Waals surface area contributed by atoms with Gasteiger partial charge in [-0.2, -0.15) is 0 Å². The third-order valence-electron chi connectivity index (χ3n) is 4.44. The predicted molar refractivity (Wildman–Crippen MR) is 88.9 cm³/mol. The smallest absolute Gasteiger partial charge is 0.139 e. The van der Waals surface area contributed by atoms with Crippen molar-refractivity contribution < 1.29 is 4.74 Å². The van der Waals surface area contributed by atoms with Gasteiger partial charge in [0.05, 0.1) is 5.52 Å². The van der Waals surface area contributed by atoms with Crippen molar-refractivity contribution in [2.45, 2.75) is 25.1 Å². The Kier molecular flexibility index (Phi) is 3.81. The SMILES string of the molecule is Cn1ccnc1[C@H]1OCC[C@@H]1NCc1ccc2ncccc2c1. The molecule has 0 bridgehead atoms. The van der Waals surface area contributed by atoms with E-state index in [4.69, 9.17) is 4.74 Å². The molecule has 0 unspecified atom stereocenters.